The van der Waals surface area contributed by atoms with Gasteiger partial charge in [-0.15, -0.1) is 0 Å². The molecule has 12 heteroatoms. The number of H-pyrrole nitrogens is 2. The van der Waals surface area contributed by atoms with Crippen LogP contribution in [0.25, 0.3) is 23.3 Å². The minimum absolute atomic E-state index is 0.0395. The third kappa shape index (κ3) is 6.65. The molecule has 1 aliphatic rings. The van der Waals surface area contributed by atoms with Gasteiger partial charge in [-0.1, -0.05) is 6.58 Å². The lowest BCUT2D eigenvalue weighted by Crippen LogP contribution is -2.43. The van der Waals surface area contributed by atoms with Crippen molar-refractivity contribution in [1.29, 1.82) is 0 Å². The maximum atomic E-state index is 15.0. The van der Waals surface area contributed by atoms with Gasteiger partial charge in [0.1, 0.15) is 12.2 Å². The van der Waals surface area contributed by atoms with E-state index in [4.69, 9.17) is 9.47 Å². The average molecular weight is 606 g/mol. The number of methoxy groups -OCH3 is 1. The summed E-state index contributed by atoms with van der Waals surface area (Å²) in [4.78, 5) is 16.3. The fourth-order valence-electron chi connectivity index (χ4n) is 4.99. The standard InChI is InChI=1S/C24H24F2N6O2.C8H10FN/c1-14-11-17-20(26)19(12-18(25)21(17)30-14)34-24-22(33-2)23(28-13-29-24)31-15-3-5-16(6-4-15)32-9-7-27-8-10-32;1-5-4-6(2)10-8(5)7(3)9/h3-6,11-13,27,30H,7-10H2,1-2H3,(H,28,29,31);4,10H,1H2,2-3H3/b;8-7-. The number of nitrogens with one attached hydrogen (secondary N) is 4. The van der Waals surface area contributed by atoms with Gasteiger partial charge >= 0.3 is 0 Å². The van der Waals surface area contributed by atoms with Crippen molar-refractivity contribution in [2.45, 2.75) is 20.8 Å². The first-order chi connectivity index (χ1) is 21.1. The van der Waals surface area contributed by atoms with Crippen molar-refractivity contribution in [2.75, 3.05) is 43.5 Å². The molecule has 9 nitrogen and oxygen atoms in total. The Hall–Kier alpha value is -4.97. The molecule has 0 amide bonds. The molecule has 1 saturated heterocycles. The molecular formula is C32H34F3N7O2. The second-order valence-corrected chi connectivity index (χ2v) is 10.4. The number of piperazine rings is 1. The molecule has 44 heavy (non-hydrogen) atoms. The Kier molecular flexibility index (Phi) is 9.09. The number of aromatic amines is 2. The summed E-state index contributed by atoms with van der Waals surface area (Å²) in [5.41, 5.74) is 3.58. The van der Waals surface area contributed by atoms with Gasteiger partial charge in [-0.25, -0.2) is 18.2 Å². The van der Waals surface area contributed by atoms with E-state index in [2.05, 4.69) is 42.0 Å². The number of nitrogens with zero attached hydrogens (tertiary/aromatic N) is 3. The van der Waals surface area contributed by atoms with Crippen molar-refractivity contribution >= 4 is 40.5 Å². The zero-order valence-corrected chi connectivity index (χ0v) is 24.9. The molecule has 0 bridgehead atoms. The van der Waals surface area contributed by atoms with Crippen LogP contribution in [-0.2, 0) is 0 Å². The van der Waals surface area contributed by atoms with E-state index in [9.17, 15) is 8.78 Å². The van der Waals surface area contributed by atoms with E-state index in [1.54, 1.807) is 6.92 Å². The van der Waals surface area contributed by atoms with Crippen LogP contribution in [0.2, 0.25) is 0 Å². The van der Waals surface area contributed by atoms with Gasteiger partial charge in [-0.3, -0.25) is 0 Å². The fourth-order valence-corrected chi connectivity index (χ4v) is 4.99. The predicted molar refractivity (Wildman–Crippen MR) is 167 cm³/mol. The van der Waals surface area contributed by atoms with Crippen molar-refractivity contribution in [2.24, 2.45) is 0 Å². The second-order valence-electron chi connectivity index (χ2n) is 10.4. The summed E-state index contributed by atoms with van der Waals surface area (Å²) in [6.45, 7) is 12.5. The van der Waals surface area contributed by atoms with Gasteiger partial charge in [0, 0.05) is 60.4 Å². The molecule has 1 aliphatic heterocycles. The average Bonchev–Trinajstić information content (AvgIpc) is 3.58. The summed E-state index contributed by atoms with van der Waals surface area (Å²) < 4.78 is 53.2. The summed E-state index contributed by atoms with van der Waals surface area (Å²) in [6.07, 6.45) is 1.27. The lowest BCUT2D eigenvalue weighted by molar-refractivity contribution is 0.360. The van der Waals surface area contributed by atoms with Crippen molar-refractivity contribution in [3.63, 3.8) is 0 Å². The van der Waals surface area contributed by atoms with Gasteiger partial charge in [0.15, 0.2) is 23.2 Å². The predicted octanol–water partition coefficient (Wildman–Crippen LogP) is 5.33. The number of aromatic nitrogens is 4. The first-order valence-corrected chi connectivity index (χ1v) is 14.0. The van der Waals surface area contributed by atoms with Crippen LogP contribution in [0.15, 0.2) is 48.8 Å². The smallest absolute Gasteiger partial charge is 0.268 e. The fraction of sp³-hybridized carbons (Fsp3) is 0.250. The van der Waals surface area contributed by atoms with Gasteiger partial charge in [0.25, 0.3) is 5.88 Å². The number of ether oxygens (including phenoxy) is 2. The first-order valence-electron chi connectivity index (χ1n) is 14.0. The van der Waals surface area contributed by atoms with Gasteiger partial charge in [0.05, 0.1) is 18.0 Å². The summed E-state index contributed by atoms with van der Waals surface area (Å²) in [5, 5.41) is 7.85. The summed E-state index contributed by atoms with van der Waals surface area (Å²) in [6, 6.07) is 12.3. The lowest BCUT2D eigenvalue weighted by atomic mass is 10.2. The third-order valence-electron chi connectivity index (χ3n) is 7.07. The van der Waals surface area contributed by atoms with E-state index >= 15 is 4.39 Å². The molecule has 4 heterocycles. The van der Waals surface area contributed by atoms with E-state index in [1.165, 1.54) is 26.4 Å². The largest absolute Gasteiger partial charge is 0.489 e. The van der Waals surface area contributed by atoms with Crippen LogP contribution in [-0.4, -0.2) is 53.2 Å². The van der Waals surface area contributed by atoms with E-state index in [0.29, 0.717) is 16.9 Å². The molecule has 5 aromatic rings. The Bertz CT molecular complexity index is 1880. The monoisotopic (exact) mass is 605 g/mol. The van der Waals surface area contributed by atoms with Gasteiger partial charge < -0.3 is 35.0 Å². The highest BCUT2D eigenvalue weighted by Crippen LogP contribution is 2.38. The minimum atomic E-state index is -0.695. The van der Waals surface area contributed by atoms with Crippen LogP contribution in [0.4, 0.5) is 30.4 Å². The highest BCUT2D eigenvalue weighted by Gasteiger charge is 2.20. The molecule has 2 aromatic carbocycles. The van der Waals surface area contributed by atoms with Gasteiger partial charge in [-0.05, 0) is 62.4 Å². The molecule has 1 fully saturated rings. The van der Waals surface area contributed by atoms with Crippen LogP contribution in [0.5, 0.6) is 17.4 Å². The number of rotatable bonds is 6. The SMILES string of the molecule is C=c1cc(C)[nH]/c1=C(/C)F.COc1c(Nc2ccc(N3CCNCC3)cc2)ncnc1Oc1cc(F)c2[nH]c(C)cc2c1F. The van der Waals surface area contributed by atoms with Crippen LogP contribution in [0.1, 0.15) is 18.3 Å². The van der Waals surface area contributed by atoms with E-state index < -0.39 is 11.6 Å². The summed E-state index contributed by atoms with van der Waals surface area (Å²) in [5.74, 6) is -1.37. The van der Waals surface area contributed by atoms with Gasteiger partial charge in [0.2, 0.25) is 5.75 Å². The molecule has 6 rings (SSSR count). The van der Waals surface area contributed by atoms with E-state index in [1.807, 2.05) is 37.3 Å². The summed E-state index contributed by atoms with van der Waals surface area (Å²) >= 11 is 0. The van der Waals surface area contributed by atoms with Crippen molar-refractivity contribution < 1.29 is 22.6 Å². The van der Waals surface area contributed by atoms with E-state index in [-0.39, 0.29) is 34.1 Å². The molecule has 0 atom stereocenters. The molecule has 4 N–H and O–H groups in total. The zero-order valence-electron chi connectivity index (χ0n) is 24.9. The number of halogens is 3. The van der Waals surface area contributed by atoms with Crippen LogP contribution >= 0.6 is 0 Å². The van der Waals surface area contributed by atoms with E-state index in [0.717, 1.165) is 54.5 Å². The Balaban J connectivity index is 0.000000328. The second kappa shape index (κ2) is 13.1. The Morgan fingerprint density at radius 3 is 2.32 bits per heavy atom. The van der Waals surface area contributed by atoms with Crippen LogP contribution < -0.4 is 35.6 Å². The molecule has 3 aromatic heterocycles. The van der Waals surface area contributed by atoms with Crippen LogP contribution in [0, 0.1) is 25.5 Å². The molecule has 0 saturated carbocycles. The number of hydrogen-bond donors (Lipinski definition) is 4. The molecule has 0 aliphatic carbocycles. The number of benzene rings is 2. The minimum Gasteiger partial charge on any atom is -0.489 e. The Morgan fingerprint density at radius 1 is 1.00 bits per heavy atom. The number of hydrogen-bond acceptors (Lipinski definition) is 7. The Labute approximate surface area is 252 Å². The van der Waals surface area contributed by atoms with Crippen molar-refractivity contribution in [3.05, 3.63) is 82.4 Å². The number of anilines is 3. The topological polar surface area (TPSA) is 103 Å². The number of fused-ring (bicyclic) bond motifs is 1. The highest BCUT2D eigenvalue weighted by atomic mass is 19.1. The molecule has 0 radical (unpaired) electrons. The quantitative estimate of drug-likeness (QED) is 0.208. The van der Waals surface area contributed by atoms with Crippen molar-refractivity contribution in [3.8, 4) is 17.4 Å². The number of aryl methyl sites for hydroxylation is 2. The lowest BCUT2D eigenvalue weighted by Gasteiger charge is -2.29. The molecular weight excluding hydrogens is 571 g/mol. The first kappa shape index (κ1) is 30.5. The molecule has 230 valence electrons. The summed E-state index contributed by atoms with van der Waals surface area (Å²) in [7, 11) is 1.43. The Morgan fingerprint density at radius 2 is 1.70 bits per heavy atom. The molecule has 0 unspecified atom stereocenters. The highest BCUT2D eigenvalue weighted by molar-refractivity contribution is 5.83. The maximum absolute atomic E-state index is 15.0. The zero-order chi connectivity index (χ0) is 31.4. The van der Waals surface area contributed by atoms with Crippen LogP contribution in [0.3, 0.4) is 0 Å². The third-order valence-corrected chi connectivity index (χ3v) is 7.07. The normalized spacial score (nSPS) is 13.8. The van der Waals surface area contributed by atoms with Gasteiger partial charge in [-0.2, -0.15) is 4.98 Å². The van der Waals surface area contributed by atoms with Crippen molar-refractivity contribution in [1.82, 2.24) is 25.3 Å². The maximum Gasteiger partial charge on any atom is 0.268 e. The molecule has 0 spiro atoms.